The van der Waals surface area contributed by atoms with Gasteiger partial charge in [-0.05, 0) is 22.3 Å². The largest absolute Gasteiger partial charge is 0.244 e. The molecule has 0 saturated carbocycles. The highest BCUT2D eigenvalue weighted by atomic mass is 79.9. The van der Waals surface area contributed by atoms with Crippen LogP contribution in [0.1, 0.15) is 22.3 Å². The summed E-state index contributed by atoms with van der Waals surface area (Å²) in [6.45, 7) is 2.68. The third kappa shape index (κ3) is 4.78. The highest BCUT2D eigenvalue weighted by molar-refractivity contribution is 9.08. The molecule has 0 N–H and O–H groups in total. The van der Waals surface area contributed by atoms with E-state index in [9.17, 15) is 0 Å². The highest BCUT2D eigenvalue weighted by Gasteiger charge is 2.07. The van der Waals surface area contributed by atoms with Crippen LogP contribution < -0.4 is 9.13 Å². The van der Waals surface area contributed by atoms with Gasteiger partial charge < -0.3 is 0 Å². The molecular formula is C23H25BrN4+2. The van der Waals surface area contributed by atoms with Gasteiger partial charge in [-0.3, -0.25) is 0 Å². The first-order valence-electron chi connectivity index (χ1n) is 9.45. The average Bonchev–Trinajstić information content (AvgIpc) is 3.32. The van der Waals surface area contributed by atoms with Crippen LogP contribution in [0.2, 0.25) is 0 Å². The second-order valence-corrected chi connectivity index (χ2v) is 7.84. The van der Waals surface area contributed by atoms with E-state index in [1.165, 1.54) is 22.3 Å². The van der Waals surface area contributed by atoms with E-state index >= 15 is 0 Å². The number of aromatic nitrogens is 4. The Morgan fingerprint density at radius 2 is 1.25 bits per heavy atom. The molecule has 0 bridgehead atoms. The molecule has 5 heteroatoms. The summed E-state index contributed by atoms with van der Waals surface area (Å²) in [5, 5.41) is 0.902. The van der Waals surface area contributed by atoms with Gasteiger partial charge in [-0.25, -0.2) is 18.3 Å². The molecule has 0 radical (unpaired) electrons. The topological polar surface area (TPSA) is 17.6 Å². The van der Waals surface area contributed by atoms with Gasteiger partial charge in [-0.15, -0.1) is 0 Å². The zero-order valence-electron chi connectivity index (χ0n) is 16.1. The molecule has 0 aliphatic carbocycles. The summed E-state index contributed by atoms with van der Waals surface area (Å²) in [4.78, 5) is 0. The molecule has 0 amide bonds. The molecule has 0 spiro atoms. The first-order valence-corrected chi connectivity index (χ1v) is 10.6. The fraction of sp³-hybridized carbons (Fsp3) is 0.217. The van der Waals surface area contributed by atoms with Gasteiger partial charge in [0.15, 0.2) is 0 Å². The first-order chi connectivity index (χ1) is 13.7. The number of nitrogens with zero attached hydrogens (tertiary/aromatic N) is 4. The Morgan fingerprint density at radius 1 is 0.714 bits per heavy atom. The van der Waals surface area contributed by atoms with E-state index in [1.807, 2.05) is 7.05 Å². The Labute approximate surface area is 174 Å². The minimum absolute atomic E-state index is 0.883. The van der Waals surface area contributed by atoms with E-state index in [0.717, 1.165) is 25.0 Å². The molecule has 142 valence electrons. The Balaban J connectivity index is 1.36. The molecule has 0 atom stereocenters. The summed E-state index contributed by atoms with van der Waals surface area (Å²) in [7, 11) is 2.04. The molecule has 2 aromatic carbocycles. The third-order valence-electron chi connectivity index (χ3n) is 4.87. The summed E-state index contributed by atoms with van der Waals surface area (Å²) >= 11 is 3.49. The third-order valence-corrected chi connectivity index (χ3v) is 5.51. The van der Waals surface area contributed by atoms with Crippen LogP contribution in [0.4, 0.5) is 0 Å². The molecule has 28 heavy (non-hydrogen) atoms. The van der Waals surface area contributed by atoms with Crippen molar-refractivity contribution in [3.63, 3.8) is 0 Å². The van der Waals surface area contributed by atoms with Crippen LogP contribution in [0, 0.1) is 0 Å². The number of imidazole rings is 2. The Hall–Kier alpha value is -2.66. The van der Waals surface area contributed by atoms with Crippen LogP contribution in [-0.2, 0) is 32.0 Å². The second kappa shape index (κ2) is 8.57. The van der Waals surface area contributed by atoms with Gasteiger partial charge in [-0.2, -0.15) is 0 Å². The maximum Gasteiger partial charge on any atom is 0.244 e. The fourth-order valence-electron chi connectivity index (χ4n) is 3.34. The van der Waals surface area contributed by atoms with E-state index < -0.39 is 0 Å². The summed E-state index contributed by atoms with van der Waals surface area (Å²) in [5.74, 6) is 0. The van der Waals surface area contributed by atoms with Gasteiger partial charge in [0.25, 0.3) is 0 Å². The molecule has 0 aliphatic heterocycles. The minimum atomic E-state index is 0.883. The smallest absolute Gasteiger partial charge is 0.240 e. The molecule has 4 nitrogen and oxygen atoms in total. The highest BCUT2D eigenvalue weighted by Crippen LogP contribution is 2.09. The zero-order chi connectivity index (χ0) is 19.3. The lowest BCUT2D eigenvalue weighted by Gasteiger charge is -2.02. The predicted molar refractivity (Wildman–Crippen MR) is 113 cm³/mol. The number of hydrogen-bond acceptors (Lipinski definition) is 0. The first kappa shape index (κ1) is 18.7. The number of rotatable bonds is 7. The lowest BCUT2D eigenvalue weighted by atomic mass is 10.1. The fourth-order valence-corrected chi connectivity index (χ4v) is 3.71. The van der Waals surface area contributed by atoms with Crippen molar-refractivity contribution < 1.29 is 9.13 Å². The number of hydrogen-bond donors (Lipinski definition) is 0. The van der Waals surface area contributed by atoms with Crippen molar-refractivity contribution in [1.29, 1.82) is 0 Å². The summed E-state index contributed by atoms with van der Waals surface area (Å²) in [5.41, 5.74) is 5.25. The van der Waals surface area contributed by atoms with Crippen molar-refractivity contribution in [3.8, 4) is 0 Å². The van der Waals surface area contributed by atoms with Gasteiger partial charge in [0.05, 0.1) is 7.05 Å². The van der Waals surface area contributed by atoms with E-state index in [4.69, 9.17) is 0 Å². The van der Waals surface area contributed by atoms with Crippen molar-refractivity contribution in [2.45, 2.75) is 25.0 Å². The standard InChI is InChI=1S/C23H25BrN4/c1-25-10-11-26(18-25)15-22-6-8-23(9-7-22)17-28-13-12-27(19-28)16-21-4-2-20(14-24)3-5-21/h2-13,18-19H,14-17H2,1H3/q+2. The van der Waals surface area contributed by atoms with Crippen LogP contribution >= 0.6 is 15.9 Å². The summed E-state index contributed by atoms with van der Waals surface area (Å²) in [6, 6.07) is 17.6. The Morgan fingerprint density at radius 3 is 1.82 bits per heavy atom. The van der Waals surface area contributed by atoms with Gasteiger partial charge in [-0.1, -0.05) is 64.5 Å². The zero-order valence-corrected chi connectivity index (χ0v) is 17.7. The van der Waals surface area contributed by atoms with Crippen LogP contribution in [0.3, 0.4) is 0 Å². The molecule has 2 aromatic heterocycles. The van der Waals surface area contributed by atoms with E-state index in [0.29, 0.717) is 0 Å². The van der Waals surface area contributed by atoms with Crippen molar-refractivity contribution in [1.82, 2.24) is 9.13 Å². The molecule has 4 aromatic rings. The Kier molecular flexibility index (Phi) is 5.72. The van der Waals surface area contributed by atoms with Crippen LogP contribution in [0.5, 0.6) is 0 Å². The molecule has 0 aliphatic rings. The number of alkyl halides is 1. The molecule has 0 saturated heterocycles. The van der Waals surface area contributed by atoms with Gasteiger partial charge in [0, 0.05) is 5.33 Å². The van der Waals surface area contributed by atoms with Crippen molar-refractivity contribution in [3.05, 3.63) is 108 Å². The van der Waals surface area contributed by atoms with Gasteiger partial charge >= 0.3 is 0 Å². The Bertz CT molecular complexity index is 1030. The van der Waals surface area contributed by atoms with Crippen molar-refractivity contribution in [2.75, 3.05) is 0 Å². The maximum atomic E-state index is 3.49. The predicted octanol–water partition coefficient (Wildman–Crippen LogP) is 3.44. The average molecular weight is 437 g/mol. The van der Waals surface area contributed by atoms with Crippen molar-refractivity contribution in [2.24, 2.45) is 7.05 Å². The SMILES string of the molecule is C[n+]1ccn(Cc2ccc(Cn3cc[n+](Cc4ccc(CBr)cc4)c3)cc2)c1. The summed E-state index contributed by atoms with van der Waals surface area (Å²) in [6.07, 6.45) is 12.7. The van der Waals surface area contributed by atoms with Crippen LogP contribution in [0.15, 0.2) is 86.0 Å². The second-order valence-electron chi connectivity index (χ2n) is 7.28. The lowest BCUT2D eigenvalue weighted by Crippen LogP contribution is -2.31. The van der Waals surface area contributed by atoms with Gasteiger partial charge in [0.1, 0.15) is 44.4 Å². The monoisotopic (exact) mass is 436 g/mol. The molecule has 0 unspecified atom stereocenters. The minimum Gasteiger partial charge on any atom is -0.240 e. The molecule has 0 fully saturated rings. The lowest BCUT2D eigenvalue weighted by molar-refractivity contribution is -0.687. The van der Waals surface area contributed by atoms with E-state index in [1.54, 1.807) is 0 Å². The number of benzene rings is 2. The van der Waals surface area contributed by atoms with Gasteiger partial charge in [0.2, 0.25) is 12.7 Å². The maximum absolute atomic E-state index is 3.49. The number of halogens is 1. The molecular weight excluding hydrogens is 412 g/mol. The quantitative estimate of drug-likeness (QED) is 0.312. The normalized spacial score (nSPS) is 11.1. The summed E-state index contributed by atoms with van der Waals surface area (Å²) < 4.78 is 8.71. The number of aryl methyl sites for hydroxylation is 1. The van der Waals surface area contributed by atoms with Crippen LogP contribution in [0.25, 0.3) is 0 Å². The molecule has 4 rings (SSSR count). The van der Waals surface area contributed by atoms with E-state index in [-0.39, 0.29) is 0 Å². The van der Waals surface area contributed by atoms with Crippen LogP contribution in [-0.4, -0.2) is 9.13 Å². The van der Waals surface area contributed by atoms with Crippen molar-refractivity contribution >= 4 is 15.9 Å². The molecule has 2 heterocycles. The van der Waals surface area contributed by atoms with E-state index in [2.05, 4.69) is 120 Å².